The van der Waals surface area contributed by atoms with Crippen molar-refractivity contribution in [3.8, 4) is 17.1 Å². The molecule has 0 aliphatic rings. The molecule has 5 rings (SSSR count). The third-order valence-electron chi connectivity index (χ3n) is 4.05. The van der Waals surface area contributed by atoms with Crippen LogP contribution in [0.2, 0.25) is 0 Å². The molecule has 0 aromatic carbocycles. The fourth-order valence-electron chi connectivity index (χ4n) is 2.70. The van der Waals surface area contributed by atoms with Gasteiger partial charge >= 0.3 is 0 Å². The first-order valence-electron chi connectivity index (χ1n) is 8.42. The number of nitrogens with zero attached hydrogens (tertiary/aromatic N) is 8. The van der Waals surface area contributed by atoms with Gasteiger partial charge in [-0.3, -0.25) is 15.1 Å². The Morgan fingerprint density at radius 1 is 0.966 bits per heavy atom. The summed E-state index contributed by atoms with van der Waals surface area (Å²) in [6.45, 7) is 0. The van der Waals surface area contributed by atoms with Crippen molar-refractivity contribution in [1.29, 1.82) is 0 Å². The highest BCUT2D eigenvalue weighted by atomic mass is 32.1. The number of hydrogen-bond acceptors (Lipinski definition) is 9. The predicted octanol–water partition coefficient (Wildman–Crippen LogP) is 2.38. The fourth-order valence-corrected chi connectivity index (χ4v) is 3.40. The molecule has 1 N–H and O–H groups in total. The average Bonchev–Trinajstić information content (AvgIpc) is 3.44. The summed E-state index contributed by atoms with van der Waals surface area (Å²) in [5, 5.41) is 13.8. The highest BCUT2D eigenvalue weighted by Crippen LogP contribution is 2.25. The SMILES string of the molecule is O=C(Nc1nc(-c2ccc3ccncc3n2)cs1)c1cnnn1-c1cncnc1. The molecule has 0 aliphatic carbocycles. The van der Waals surface area contributed by atoms with Gasteiger partial charge in [0.25, 0.3) is 5.91 Å². The maximum atomic E-state index is 12.7. The Morgan fingerprint density at radius 2 is 1.86 bits per heavy atom. The monoisotopic (exact) mass is 401 g/mol. The summed E-state index contributed by atoms with van der Waals surface area (Å²) in [5.41, 5.74) is 2.92. The van der Waals surface area contributed by atoms with E-state index in [-0.39, 0.29) is 5.69 Å². The van der Waals surface area contributed by atoms with E-state index < -0.39 is 5.91 Å². The van der Waals surface area contributed by atoms with Gasteiger partial charge in [-0.2, -0.15) is 0 Å². The smallest absolute Gasteiger partial charge is 0.277 e. The van der Waals surface area contributed by atoms with Gasteiger partial charge in [0.05, 0.1) is 36.0 Å². The number of anilines is 1. The Balaban J connectivity index is 1.39. The van der Waals surface area contributed by atoms with Crippen LogP contribution in [-0.4, -0.2) is 45.8 Å². The molecule has 10 nitrogen and oxygen atoms in total. The van der Waals surface area contributed by atoms with Crippen molar-refractivity contribution in [3.05, 3.63) is 66.6 Å². The molecule has 5 aromatic rings. The van der Waals surface area contributed by atoms with Crippen LogP contribution in [0.5, 0.6) is 0 Å². The van der Waals surface area contributed by atoms with E-state index in [1.165, 1.54) is 28.5 Å². The molecule has 11 heteroatoms. The number of nitrogens with one attached hydrogen (secondary N) is 1. The number of thiazole rings is 1. The zero-order valence-electron chi connectivity index (χ0n) is 14.7. The maximum Gasteiger partial charge on any atom is 0.277 e. The molecule has 1 amide bonds. The summed E-state index contributed by atoms with van der Waals surface area (Å²) in [6, 6.07) is 5.74. The Morgan fingerprint density at radius 3 is 2.76 bits per heavy atom. The van der Waals surface area contributed by atoms with Crippen LogP contribution in [0.4, 0.5) is 5.13 Å². The Bertz CT molecular complexity index is 1320. The van der Waals surface area contributed by atoms with Gasteiger partial charge in [0.2, 0.25) is 0 Å². The lowest BCUT2D eigenvalue weighted by Crippen LogP contribution is -2.17. The second-order valence-electron chi connectivity index (χ2n) is 5.88. The van der Waals surface area contributed by atoms with Crippen LogP contribution in [0, 0.1) is 0 Å². The van der Waals surface area contributed by atoms with Crippen LogP contribution in [0.15, 0.2) is 60.9 Å². The number of pyridine rings is 2. The molecule has 5 heterocycles. The highest BCUT2D eigenvalue weighted by molar-refractivity contribution is 7.14. The molecule has 0 bridgehead atoms. The molecule has 0 radical (unpaired) electrons. The van der Waals surface area contributed by atoms with E-state index in [1.54, 1.807) is 24.8 Å². The maximum absolute atomic E-state index is 12.7. The Hall–Kier alpha value is -4.12. The standard InChI is InChI=1S/C18H11N9OS/c28-17(16-8-22-26-27(16)12-5-20-10-21-6-12)25-18-24-15(9-29-18)13-2-1-11-3-4-19-7-14(11)23-13/h1-10H,(H,24,25,28). The summed E-state index contributed by atoms with van der Waals surface area (Å²) in [4.78, 5) is 33.7. The zero-order chi connectivity index (χ0) is 19.6. The molecule has 0 fully saturated rings. The largest absolute Gasteiger partial charge is 0.296 e. The first-order chi connectivity index (χ1) is 14.3. The van der Waals surface area contributed by atoms with Crippen LogP contribution in [0.25, 0.3) is 28.0 Å². The van der Waals surface area contributed by atoms with Crippen LogP contribution in [-0.2, 0) is 0 Å². The van der Waals surface area contributed by atoms with Crippen LogP contribution < -0.4 is 5.32 Å². The lowest BCUT2D eigenvalue weighted by molar-refractivity contribution is 0.101. The Kier molecular flexibility index (Phi) is 4.18. The highest BCUT2D eigenvalue weighted by Gasteiger charge is 2.17. The first kappa shape index (κ1) is 17.0. The minimum absolute atomic E-state index is 0.242. The number of amides is 1. The van der Waals surface area contributed by atoms with Gasteiger partial charge < -0.3 is 0 Å². The minimum atomic E-state index is -0.393. The van der Waals surface area contributed by atoms with E-state index in [0.29, 0.717) is 22.2 Å². The van der Waals surface area contributed by atoms with Crippen molar-refractivity contribution >= 4 is 33.3 Å². The van der Waals surface area contributed by atoms with Crippen molar-refractivity contribution in [3.63, 3.8) is 0 Å². The molecule has 140 valence electrons. The summed E-state index contributed by atoms with van der Waals surface area (Å²) >= 11 is 1.30. The quantitative estimate of drug-likeness (QED) is 0.487. The third kappa shape index (κ3) is 3.30. The van der Waals surface area contributed by atoms with E-state index >= 15 is 0 Å². The summed E-state index contributed by atoms with van der Waals surface area (Å²) in [6.07, 6.45) is 9.28. The summed E-state index contributed by atoms with van der Waals surface area (Å²) < 4.78 is 1.36. The zero-order valence-corrected chi connectivity index (χ0v) is 15.5. The molecule has 0 aliphatic heterocycles. The van der Waals surface area contributed by atoms with Gasteiger partial charge in [0.1, 0.15) is 17.7 Å². The third-order valence-corrected chi connectivity index (χ3v) is 4.81. The molecule has 0 unspecified atom stereocenters. The van der Waals surface area contributed by atoms with Gasteiger partial charge in [-0.05, 0) is 12.1 Å². The van der Waals surface area contributed by atoms with Gasteiger partial charge in [-0.25, -0.2) is 24.6 Å². The molecular formula is C18H11N9OS. The van der Waals surface area contributed by atoms with Gasteiger partial charge in [0, 0.05) is 17.0 Å². The van der Waals surface area contributed by atoms with Crippen LogP contribution in [0.1, 0.15) is 10.5 Å². The predicted molar refractivity (Wildman–Crippen MR) is 106 cm³/mol. The number of rotatable bonds is 4. The molecular weight excluding hydrogens is 390 g/mol. The van der Waals surface area contributed by atoms with Gasteiger partial charge in [-0.15, -0.1) is 16.4 Å². The van der Waals surface area contributed by atoms with Crippen molar-refractivity contribution < 1.29 is 4.79 Å². The molecule has 0 saturated heterocycles. The van der Waals surface area contributed by atoms with Crippen molar-refractivity contribution in [2.75, 3.05) is 5.32 Å². The van der Waals surface area contributed by atoms with E-state index in [1.807, 2.05) is 23.6 Å². The van der Waals surface area contributed by atoms with E-state index in [2.05, 4.69) is 40.5 Å². The van der Waals surface area contributed by atoms with Crippen molar-refractivity contribution in [2.45, 2.75) is 0 Å². The van der Waals surface area contributed by atoms with Gasteiger partial charge in [0.15, 0.2) is 10.8 Å². The number of aromatic nitrogens is 8. The first-order valence-corrected chi connectivity index (χ1v) is 9.30. The van der Waals surface area contributed by atoms with Crippen LogP contribution >= 0.6 is 11.3 Å². The molecule has 0 atom stereocenters. The lowest BCUT2D eigenvalue weighted by Gasteiger charge is -2.04. The molecule has 0 spiro atoms. The molecule has 29 heavy (non-hydrogen) atoms. The summed E-state index contributed by atoms with van der Waals surface area (Å²) in [7, 11) is 0. The molecule has 5 aromatic heterocycles. The second kappa shape index (κ2) is 7.13. The number of carbonyl (C=O) groups excluding carboxylic acids is 1. The minimum Gasteiger partial charge on any atom is -0.296 e. The molecule has 0 saturated carbocycles. The van der Waals surface area contributed by atoms with Crippen molar-refractivity contribution in [2.24, 2.45) is 0 Å². The number of hydrogen-bond donors (Lipinski definition) is 1. The van der Waals surface area contributed by atoms with E-state index in [4.69, 9.17) is 0 Å². The number of carbonyl (C=O) groups is 1. The Labute approximate surface area is 167 Å². The number of fused-ring (bicyclic) bond motifs is 1. The van der Waals surface area contributed by atoms with E-state index in [0.717, 1.165) is 10.9 Å². The van der Waals surface area contributed by atoms with Crippen molar-refractivity contribution in [1.82, 2.24) is 39.9 Å². The normalized spacial score (nSPS) is 10.9. The van der Waals surface area contributed by atoms with Crippen LogP contribution in [0.3, 0.4) is 0 Å². The topological polar surface area (TPSA) is 124 Å². The average molecular weight is 401 g/mol. The second-order valence-corrected chi connectivity index (χ2v) is 6.74. The fraction of sp³-hybridized carbons (Fsp3) is 0. The van der Waals surface area contributed by atoms with Gasteiger partial charge in [-0.1, -0.05) is 11.3 Å². The lowest BCUT2D eigenvalue weighted by atomic mass is 10.2. The summed E-state index contributed by atoms with van der Waals surface area (Å²) in [5.74, 6) is -0.393. The van der Waals surface area contributed by atoms with E-state index in [9.17, 15) is 4.79 Å².